The number of rotatable bonds is 5. The molecular formula is C12H17IN2O. The standard InChI is InChI=1S/C12H17IN2O/c1-3-9(2)15-12(16)8-14-11-7-5-4-6-10(11)13/h4-7,9,14H,3,8H2,1-2H3,(H,15,16)/t9-/m1/s1. The zero-order valence-corrected chi connectivity index (χ0v) is 11.7. The lowest BCUT2D eigenvalue weighted by Gasteiger charge is -2.12. The molecule has 4 heteroatoms. The Morgan fingerprint density at radius 3 is 2.75 bits per heavy atom. The second kappa shape index (κ2) is 6.73. The summed E-state index contributed by atoms with van der Waals surface area (Å²) in [7, 11) is 0. The van der Waals surface area contributed by atoms with Gasteiger partial charge in [-0.1, -0.05) is 19.1 Å². The molecule has 0 radical (unpaired) electrons. The highest BCUT2D eigenvalue weighted by molar-refractivity contribution is 14.1. The molecule has 1 amide bonds. The van der Waals surface area contributed by atoms with E-state index in [4.69, 9.17) is 0 Å². The monoisotopic (exact) mass is 332 g/mol. The van der Waals surface area contributed by atoms with Gasteiger partial charge in [-0.25, -0.2) is 0 Å². The van der Waals surface area contributed by atoms with Gasteiger partial charge >= 0.3 is 0 Å². The van der Waals surface area contributed by atoms with Crippen LogP contribution >= 0.6 is 22.6 Å². The van der Waals surface area contributed by atoms with E-state index in [-0.39, 0.29) is 11.9 Å². The van der Waals surface area contributed by atoms with E-state index in [0.717, 1.165) is 15.7 Å². The Hall–Kier alpha value is -0.780. The van der Waals surface area contributed by atoms with Crippen LogP contribution in [0.5, 0.6) is 0 Å². The lowest BCUT2D eigenvalue weighted by molar-refractivity contribution is -0.120. The first-order valence-electron chi connectivity index (χ1n) is 5.41. The third kappa shape index (κ3) is 4.38. The average molecular weight is 332 g/mol. The predicted molar refractivity (Wildman–Crippen MR) is 75.5 cm³/mol. The lowest BCUT2D eigenvalue weighted by atomic mass is 10.2. The molecule has 0 aliphatic heterocycles. The van der Waals surface area contributed by atoms with Gasteiger partial charge in [0.2, 0.25) is 5.91 Å². The second-order valence-corrected chi connectivity index (χ2v) is 4.87. The molecule has 0 saturated carbocycles. The molecule has 0 fully saturated rings. The quantitative estimate of drug-likeness (QED) is 0.814. The summed E-state index contributed by atoms with van der Waals surface area (Å²) in [4.78, 5) is 11.5. The van der Waals surface area contributed by atoms with Crippen molar-refractivity contribution >= 4 is 34.2 Å². The van der Waals surface area contributed by atoms with Crippen LogP contribution in [-0.4, -0.2) is 18.5 Å². The van der Waals surface area contributed by atoms with E-state index in [9.17, 15) is 4.79 Å². The maximum absolute atomic E-state index is 11.5. The van der Waals surface area contributed by atoms with Crippen molar-refractivity contribution < 1.29 is 4.79 Å². The Balaban J connectivity index is 2.40. The van der Waals surface area contributed by atoms with Crippen LogP contribution in [0.3, 0.4) is 0 Å². The molecule has 3 nitrogen and oxygen atoms in total. The van der Waals surface area contributed by atoms with Crippen LogP contribution in [0.1, 0.15) is 20.3 Å². The largest absolute Gasteiger partial charge is 0.375 e. The molecule has 16 heavy (non-hydrogen) atoms. The first-order valence-corrected chi connectivity index (χ1v) is 6.49. The van der Waals surface area contributed by atoms with Crippen molar-refractivity contribution in [2.75, 3.05) is 11.9 Å². The van der Waals surface area contributed by atoms with E-state index < -0.39 is 0 Å². The van der Waals surface area contributed by atoms with E-state index >= 15 is 0 Å². The fourth-order valence-electron chi connectivity index (χ4n) is 1.21. The number of para-hydroxylation sites is 1. The summed E-state index contributed by atoms with van der Waals surface area (Å²) in [6.45, 7) is 4.38. The Morgan fingerprint density at radius 1 is 1.44 bits per heavy atom. The molecule has 0 bridgehead atoms. The van der Waals surface area contributed by atoms with Gasteiger partial charge in [0.15, 0.2) is 0 Å². The van der Waals surface area contributed by atoms with E-state index in [1.54, 1.807) is 0 Å². The van der Waals surface area contributed by atoms with Crippen molar-refractivity contribution in [3.05, 3.63) is 27.8 Å². The molecule has 0 aliphatic rings. The Kier molecular flexibility index (Phi) is 5.59. The summed E-state index contributed by atoms with van der Waals surface area (Å²) in [5.74, 6) is 0.0361. The number of nitrogens with one attached hydrogen (secondary N) is 2. The van der Waals surface area contributed by atoms with E-state index in [2.05, 4.69) is 40.1 Å². The van der Waals surface area contributed by atoms with E-state index in [0.29, 0.717) is 6.54 Å². The van der Waals surface area contributed by atoms with Gasteiger partial charge in [0.05, 0.1) is 6.54 Å². The summed E-state index contributed by atoms with van der Waals surface area (Å²) in [5, 5.41) is 6.04. The van der Waals surface area contributed by atoms with E-state index in [1.807, 2.05) is 31.2 Å². The molecule has 1 atom stereocenters. The molecule has 0 saturated heterocycles. The van der Waals surface area contributed by atoms with Crippen molar-refractivity contribution in [2.24, 2.45) is 0 Å². The number of anilines is 1. The van der Waals surface area contributed by atoms with Gasteiger partial charge in [0.1, 0.15) is 0 Å². The lowest BCUT2D eigenvalue weighted by Crippen LogP contribution is -2.36. The van der Waals surface area contributed by atoms with Crippen LogP contribution in [0.15, 0.2) is 24.3 Å². The van der Waals surface area contributed by atoms with Gasteiger partial charge < -0.3 is 10.6 Å². The molecule has 0 heterocycles. The molecule has 1 rings (SSSR count). The normalized spacial score (nSPS) is 11.9. The van der Waals surface area contributed by atoms with Crippen LogP contribution in [0, 0.1) is 3.57 Å². The molecule has 0 unspecified atom stereocenters. The van der Waals surface area contributed by atoms with Gasteiger partial charge in [0.25, 0.3) is 0 Å². The summed E-state index contributed by atoms with van der Waals surface area (Å²) >= 11 is 2.25. The van der Waals surface area contributed by atoms with E-state index in [1.165, 1.54) is 0 Å². The van der Waals surface area contributed by atoms with Gasteiger partial charge in [-0.05, 0) is 48.1 Å². The topological polar surface area (TPSA) is 41.1 Å². The number of carbonyl (C=O) groups excluding carboxylic acids is 1. The summed E-state index contributed by atoms with van der Waals surface area (Å²) in [5.41, 5.74) is 1.00. The minimum Gasteiger partial charge on any atom is -0.375 e. The number of halogens is 1. The minimum absolute atomic E-state index is 0.0361. The summed E-state index contributed by atoms with van der Waals surface area (Å²) < 4.78 is 1.12. The molecule has 2 N–H and O–H groups in total. The first-order chi connectivity index (χ1) is 7.63. The maximum atomic E-state index is 11.5. The zero-order chi connectivity index (χ0) is 12.0. The Morgan fingerprint density at radius 2 is 2.12 bits per heavy atom. The molecule has 0 spiro atoms. The van der Waals surface area contributed by atoms with Crippen molar-refractivity contribution in [3.8, 4) is 0 Å². The second-order valence-electron chi connectivity index (χ2n) is 3.71. The molecule has 0 aliphatic carbocycles. The van der Waals surface area contributed by atoms with Gasteiger partial charge in [-0.3, -0.25) is 4.79 Å². The molecule has 1 aromatic rings. The predicted octanol–water partition coefficient (Wildman–Crippen LogP) is 2.62. The minimum atomic E-state index is 0.0361. The van der Waals surface area contributed by atoms with Crippen LogP contribution < -0.4 is 10.6 Å². The summed E-state index contributed by atoms with van der Waals surface area (Å²) in [6.07, 6.45) is 0.953. The van der Waals surface area contributed by atoms with Gasteiger partial charge in [-0.2, -0.15) is 0 Å². The van der Waals surface area contributed by atoms with Gasteiger partial charge in [0, 0.05) is 15.3 Å². The number of benzene rings is 1. The fourth-order valence-corrected chi connectivity index (χ4v) is 1.79. The number of hydrogen-bond acceptors (Lipinski definition) is 2. The SMILES string of the molecule is CC[C@@H](C)NC(=O)CNc1ccccc1I. The van der Waals surface area contributed by atoms with Crippen molar-refractivity contribution in [1.82, 2.24) is 5.32 Å². The molecule has 88 valence electrons. The Bertz CT molecular complexity index is 355. The smallest absolute Gasteiger partial charge is 0.239 e. The molecule has 1 aromatic carbocycles. The van der Waals surface area contributed by atoms with Crippen LogP contribution in [0.2, 0.25) is 0 Å². The van der Waals surface area contributed by atoms with Crippen molar-refractivity contribution in [3.63, 3.8) is 0 Å². The fraction of sp³-hybridized carbons (Fsp3) is 0.417. The number of carbonyl (C=O) groups is 1. The van der Waals surface area contributed by atoms with Crippen molar-refractivity contribution in [1.29, 1.82) is 0 Å². The zero-order valence-electron chi connectivity index (χ0n) is 9.59. The van der Waals surface area contributed by atoms with Crippen LogP contribution in [0.4, 0.5) is 5.69 Å². The number of amides is 1. The molecule has 0 aromatic heterocycles. The first kappa shape index (κ1) is 13.3. The van der Waals surface area contributed by atoms with Crippen molar-refractivity contribution in [2.45, 2.75) is 26.3 Å². The Labute approximate surface area is 110 Å². The highest BCUT2D eigenvalue weighted by Gasteiger charge is 2.05. The molecular weight excluding hydrogens is 315 g/mol. The third-order valence-corrected chi connectivity index (χ3v) is 3.27. The maximum Gasteiger partial charge on any atom is 0.239 e. The third-order valence-electron chi connectivity index (χ3n) is 2.33. The highest BCUT2D eigenvalue weighted by atomic mass is 127. The summed E-state index contributed by atoms with van der Waals surface area (Å²) in [6, 6.07) is 8.15. The highest BCUT2D eigenvalue weighted by Crippen LogP contribution is 2.16. The van der Waals surface area contributed by atoms with Gasteiger partial charge in [-0.15, -0.1) is 0 Å². The average Bonchev–Trinajstić information content (AvgIpc) is 2.28. The number of hydrogen-bond donors (Lipinski definition) is 2. The van der Waals surface area contributed by atoms with Crippen LogP contribution in [-0.2, 0) is 4.79 Å². The van der Waals surface area contributed by atoms with Crippen LogP contribution in [0.25, 0.3) is 0 Å².